The minimum Gasteiger partial charge on any atom is -0.333 e. The molecule has 2 aliphatic heterocycles. The first-order valence-electron chi connectivity index (χ1n) is 8.76. The van der Waals surface area contributed by atoms with Crippen LogP contribution >= 0.6 is 11.3 Å². The highest BCUT2D eigenvalue weighted by Crippen LogP contribution is 2.32. The molecule has 0 unspecified atom stereocenters. The van der Waals surface area contributed by atoms with Crippen molar-refractivity contribution in [3.8, 4) is 0 Å². The lowest BCUT2D eigenvalue weighted by atomic mass is 10.0. The van der Waals surface area contributed by atoms with Crippen molar-refractivity contribution >= 4 is 17.2 Å². The summed E-state index contributed by atoms with van der Waals surface area (Å²) in [7, 11) is 0. The van der Waals surface area contributed by atoms with E-state index in [4.69, 9.17) is 0 Å². The molecule has 2 aliphatic rings. The number of amides is 1. The normalized spacial score (nSPS) is 23.6. The molecule has 5 heteroatoms. The SMILES string of the molecule is O=C(CCCN1CCCCC1)N1CCCC[C@@H]1c1nccs1. The van der Waals surface area contributed by atoms with E-state index in [1.54, 1.807) is 11.3 Å². The first-order chi connectivity index (χ1) is 10.8. The summed E-state index contributed by atoms with van der Waals surface area (Å²) in [4.78, 5) is 21.7. The van der Waals surface area contributed by atoms with Crippen molar-refractivity contribution in [3.63, 3.8) is 0 Å². The van der Waals surface area contributed by atoms with E-state index < -0.39 is 0 Å². The predicted octanol–water partition coefficient (Wildman–Crippen LogP) is 3.46. The van der Waals surface area contributed by atoms with Crippen LogP contribution in [0.5, 0.6) is 0 Å². The summed E-state index contributed by atoms with van der Waals surface area (Å²) < 4.78 is 0. The van der Waals surface area contributed by atoms with Crippen LogP contribution < -0.4 is 0 Å². The lowest BCUT2D eigenvalue weighted by molar-refractivity contribution is -0.135. The van der Waals surface area contributed by atoms with Gasteiger partial charge in [0.1, 0.15) is 5.01 Å². The monoisotopic (exact) mass is 321 g/mol. The van der Waals surface area contributed by atoms with E-state index in [1.165, 1.54) is 38.8 Å². The smallest absolute Gasteiger partial charge is 0.223 e. The van der Waals surface area contributed by atoms with Crippen molar-refractivity contribution in [2.45, 2.75) is 57.4 Å². The molecule has 3 heterocycles. The van der Waals surface area contributed by atoms with Crippen molar-refractivity contribution in [2.75, 3.05) is 26.2 Å². The van der Waals surface area contributed by atoms with Gasteiger partial charge in [0.05, 0.1) is 6.04 Å². The van der Waals surface area contributed by atoms with Gasteiger partial charge in [-0.15, -0.1) is 11.3 Å². The van der Waals surface area contributed by atoms with Crippen LogP contribution in [0.1, 0.15) is 62.4 Å². The van der Waals surface area contributed by atoms with Crippen LogP contribution in [0, 0.1) is 0 Å². The number of likely N-dealkylation sites (tertiary alicyclic amines) is 2. The number of thiazole rings is 1. The molecular formula is C17H27N3OS. The zero-order valence-corrected chi connectivity index (χ0v) is 14.2. The molecule has 0 aromatic carbocycles. The number of nitrogens with zero attached hydrogens (tertiary/aromatic N) is 3. The molecule has 4 nitrogen and oxygen atoms in total. The molecule has 122 valence electrons. The molecule has 0 radical (unpaired) electrons. The summed E-state index contributed by atoms with van der Waals surface area (Å²) in [5.41, 5.74) is 0. The molecule has 1 atom stereocenters. The van der Waals surface area contributed by atoms with Gasteiger partial charge in [-0.2, -0.15) is 0 Å². The standard InChI is InChI=1S/C17H27N3OS/c21-16(8-6-12-19-10-3-1-4-11-19)20-13-5-2-7-15(20)17-18-9-14-22-17/h9,14-15H,1-8,10-13H2/t15-/m1/s1. The molecule has 3 rings (SSSR count). The molecular weight excluding hydrogens is 294 g/mol. The largest absolute Gasteiger partial charge is 0.333 e. The highest BCUT2D eigenvalue weighted by Gasteiger charge is 2.29. The van der Waals surface area contributed by atoms with E-state index >= 15 is 0 Å². The van der Waals surface area contributed by atoms with Crippen molar-refractivity contribution in [1.82, 2.24) is 14.8 Å². The molecule has 0 spiro atoms. The third-order valence-electron chi connectivity index (χ3n) is 4.87. The minimum absolute atomic E-state index is 0.233. The van der Waals surface area contributed by atoms with Crippen molar-refractivity contribution < 1.29 is 4.79 Å². The number of hydrogen-bond donors (Lipinski definition) is 0. The van der Waals surface area contributed by atoms with Crippen molar-refractivity contribution in [2.24, 2.45) is 0 Å². The Hall–Kier alpha value is -0.940. The van der Waals surface area contributed by atoms with Gasteiger partial charge >= 0.3 is 0 Å². The van der Waals surface area contributed by atoms with Crippen LogP contribution in [0.15, 0.2) is 11.6 Å². The molecule has 1 aromatic rings. The molecule has 1 amide bonds. The Balaban J connectivity index is 1.49. The fourth-order valence-corrected chi connectivity index (χ4v) is 4.45. The van der Waals surface area contributed by atoms with E-state index in [1.807, 2.05) is 11.6 Å². The maximum Gasteiger partial charge on any atom is 0.223 e. The van der Waals surface area contributed by atoms with Gasteiger partial charge in [0.15, 0.2) is 0 Å². The average molecular weight is 321 g/mol. The molecule has 1 aromatic heterocycles. The van der Waals surface area contributed by atoms with Gasteiger partial charge in [-0.1, -0.05) is 6.42 Å². The minimum atomic E-state index is 0.233. The number of aromatic nitrogens is 1. The lowest BCUT2D eigenvalue weighted by Gasteiger charge is -2.35. The Morgan fingerprint density at radius 1 is 1.18 bits per heavy atom. The predicted molar refractivity (Wildman–Crippen MR) is 89.9 cm³/mol. The summed E-state index contributed by atoms with van der Waals surface area (Å²) >= 11 is 1.68. The lowest BCUT2D eigenvalue weighted by Crippen LogP contribution is -2.39. The molecule has 0 bridgehead atoms. The molecule has 0 N–H and O–H groups in total. The van der Waals surface area contributed by atoms with E-state index in [-0.39, 0.29) is 6.04 Å². The van der Waals surface area contributed by atoms with Crippen LogP contribution in [0.2, 0.25) is 0 Å². The van der Waals surface area contributed by atoms with E-state index in [9.17, 15) is 4.79 Å². The summed E-state index contributed by atoms with van der Waals surface area (Å²) in [5.74, 6) is 0.330. The fourth-order valence-electron chi connectivity index (χ4n) is 3.67. The number of carbonyl (C=O) groups is 1. The zero-order chi connectivity index (χ0) is 15.2. The van der Waals surface area contributed by atoms with Gasteiger partial charge in [-0.3, -0.25) is 4.79 Å². The molecule has 0 aliphatic carbocycles. The Kier molecular flexibility index (Phi) is 5.84. The molecule has 22 heavy (non-hydrogen) atoms. The van der Waals surface area contributed by atoms with Gasteiger partial charge in [0.25, 0.3) is 0 Å². The van der Waals surface area contributed by atoms with Gasteiger partial charge in [0.2, 0.25) is 5.91 Å². The van der Waals surface area contributed by atoms with Crippen LogP contribution in [0.25, 0.3) is 0 Å². The van der Waals surface area contributed by atoms with Gasteiger partial charge in [-0.05, 0) is 58.2 Å². The Morgan fingerprint density at radius 3 is 2.77 bits per heavy atom. The van der Waals surface area contributed by atoms with E-state index in [0.29, 0.717) is 12.3 Å². The van der Waals surface area contributed by atoms with Crippen LogP contribution in [0.3, 0.4) is 0 Å². The quantitative estimate of drug-likeness (QED) is 0.833. The van der Waals surface area contributed by atoms with Crippen LogP contribution in [0.4, 0.5) is 0 Å². The number of piperidine rings is 2. The molecule has 2 fully saturated rings. The number of rotatable bonds is 5. The molecule has 0 saturated carbocycles. The van der Waals surface area contributed by atoms with Crippen molar-refractivity contribution in [1.29, 1.82) is 0 Å². The first kappa shape index (κ1) is 15.9. The van der Waals surface area contributed by atoms with Crippen LogP contribution in [-0.2, 0) is 4.79 Å². The van der Waals surface area contributed by atoms with Gasteiger partial charge < -0.3 is 9.80 Å². The summed E-state index contributed by atoms with van der Waals surface area (Å²) in [6, 6.07) is 0.233. The fraction of sp³-hybridized carbons (Fsp3) is 0.765. The topological polar surface area (TPSA) is 36.4 Å². The third kappa shape index (κ3) is 4.07. The summed E-state index contributed by atoms with van der Waals surface area (Å²) in [6.45, 7) is 4.44. The number of hydrogen-bond acceptors (Lipinski definition) is 4. The summed E-state index contributed by atoms with van der Waals surface area (Å²) in [6.07, 6.45) is 11.0. The van der Waals surface area contributed by atoms with Crippen LogP contribution in [-0.4, -0.2) is 46.9 Å². The van der Waals surface area contributed by atoms with Crippen molar-refractivity contribution in [3.05, 3.63) is 16.6 Å². The average Bonchev–Trinajstić information content (AvgIpc) is 3.10. The zero-order valence-electron chi connectivity index (χ0n) is 13.4. The Morgan fingerprint density at radius 2 is 2.00 bits per heavy atom. The Labute approximate surface area is 137 Å². The second kappa shape index (κ2) is 8.06. The van der Waals surface area contributed by atoms with Gasteiger partial charge in [-0.25, -0.2) is 4.98 Å². The van der Waals surface area contributed by atoms with E-state index in [0.717, 1.165) is 37.4 Å². The highest BCUT2D eigenvalue weighted by atomic mass is 32.1. The third-order valence-corrected chi connectivity index (χ3v) is 5.75. The van der Waals surface area contributed by atoms with Gasteiger partial charge in [0, 0.05) is 24.5 Å². The van der Waals surface area contributed by atoms with E-state index in [2.05, 4.69) is 14.8 Å². The maximum absolute atomic E-state index is 12.6. The Bertz CT molecular complexity index is 456. The number of carbonyl (C=O) groups excluding carboxylic acids is 1. The second-order valence-corrected chi connectivity index (χ2v) is 7.40. The molecule has 2 saturated heterocycles. The maximum atomic E-state index is 12.6. The summed E-state index contributed by atoms with van der Waals surface area (Å²) in [5, 5.41) is 3.13. The highest BCUT2D eigenvalue weighted by molar-refractivity contribution is 7.09. The second-order valence-electron chi connectivity index (χ2n) is 6.47. The first-order valence-corrected chi connectivity index (χ1v) is 9.64.